The molecule has 29 nitrogen and oxygen atoms in total. The lowest BCUT2D eigenvalue weighted by atomic mass is 9.59. The summed E-state index contributed by atoms with van der Waals surface area (Å²) in [5.74, 6) is 12.8. The zero-order chi connectivity index (χ0) is 104. The summed E-state index contributed by atoms with van der Waals surface area (Å²) in [7, 11) is 0. The number of ether oxygens (including phenoxy) is 14. The van der Waals surface area contributed by atoms with Gasteiger partial charge < -0.3 is 76.5 Å². The van der Waals surface area contributed by atoms with Crippen molar-refractivity contribution in [3.8, 4) is 0 Å². The van der Waals surface area contributed by atoms with E-state index in [2.05, 4.69) is 80.9 Å². The second-order valence-electron chi connectivity index (χ2n) is 53.3. The van der Waals surface area contributed by atoms with Crippen molar-refractivity contribution in [3.05, 3.63) is 0 Å². The van der Waals surface area contributed by atoms with Crippen molar-refractivity contribution in [2.45, 2.75) is 259 Å². The molecule has 20 saturated carbocycles. The molecule has 2 saturated heterocycles. The molecule has 0 radical (unpaired) electrons. The third-order valence-corrected chi connectivity index (χ3v) is 43.9. The van der Waals surface area contributed by atoms with E-state index in [1.807, 2.05) is 90.0 Å². The van der Waals surface area contributed by atoms with Gasteiger partial charge in [-0.05, 0) is 384 Å². The van der Waals surface area contributed by atoms with Gasteiger partial charge in [0.05, 0.1) is 85.4 Å². The maximum absolute atomic E-state index is 13.6. The van der Waals surface area contributed by atoms with Gasteiger partial charge in [-0.3, -0.25) is 57.7 Å². The predicted octanol–water partition coefficient (Wildman–Crippen LogP) is 14.9. The highest BCUT2D eigenvalue weighted by Crippen LogP contribution is 2.79. The Hall–Kier alpha value is -6.85. The van der Waals surface area contributed by atoms with Crippen LogP contribution in [0, 0.1) is 301 Å². The average Bonchev–Trinajstić information content (AvgIpc) is 1.54. The second kappa shape index (κ2) is 40.7. The van der Waals surface area contributed by atoms with Gasteiger partial charge in [-0.15, -0.1) is 0 Å². The minimum atomic E-state index is -0.914. The fourth-order valence-corrected chi connectivity index (χ4v) is 38.9. The number of rotatable bonds is 25. The van der Waals surface area contributed by atoms with Gasteiger partial charge in [0, 0.05) is 18.6 Å². The van der Waals surface area contributed by atoms with Crippen molar-refractivity contribution >= 4 is 78.3 Å². The van der Waals surface area contributed by atoms with Gasteiger partial charge in [0.1, 0.15) is 55.9 Å². The van der Waals surface area contributed by atoms with Crippen LogP contribution in [0.4, 0.5) is 0 Å². The highest BCUT2D eigenvalue weighted by Gasteiger charge is 2.78. The number of carbonyl (C=O) groups excluding carboxylic acids is 12. The van der Waals surface area contributed by atoms with E-state index in [1.54, 1.807) is 0 Å². The number of fused-ring (bicyclic) bond motifs is 45. The van der Waals surface area contributed by atoms with Crippen LogP contribution in [-0.4, -0.2) is 197 Å². The molecule has 22 rings (SSSR count). The fourth-order valence-electron chi connectivity index (χ4n) is 38.9. The summed E-state index contributed by atoms with van der Waals surface area (Å²) in [6, 6.07) is 0. The van der Waals surface area contributed by atoms with Gasteiger partial charge in [0.25, 0.3) is 0 Å². The molecular formula is C115H171NO28. The minimum Gasteiger partial charge on any atom is -0.463 e. The number of aliphatic hydroxyl groups excluding tert-OH is 2. The van der Waals surface area contributed by atoms with Crippen LogP contribution >= 0.6 is 0 Å². The van der Waals surface area contributed by atoms with Crippen molar-refractivity contribution in [2.24, 2.45) is 306 Å². The molecule has 20 bridgehead atoms. The normalized spacial score (nSPS) is 47.1. The Morgan fingerprint density at radius 3 is 0.778 bits per heavy atom. The van der Waals surface area contributed by atoms with Crippen LogP contribution in [0.25, 0.3) is 0 Å². The average molecular weight is 2020 g/mol. The van der Waals surface area contributed by atoms with Crippen LogP contribution in [-0.2, 0) is 124 Å². The standard InChI is InChI=1S/C26H38O6.C23H35NO4.C23H32O7.C22H34O5.C21H32O6/c1-11-12(2)14-8-13(11)17-15-9-16(18(14)17)20(23(28)32-25(3,4)5)19(15)22(27)31-21-24(29)30-10-26(21,6)7;1-11-12(2)14-9-13(11)17-15-10-16(18(14)17)20(22(26)28-23(3,4)5)19(15)21(25)27-8-7-24-6;1-4-27-9-29-22(25)20-15-7-16(19-14-6-13(18(15)19)10(2)11(14)3)21(20)23(26)30-12-5-17(24)28-8-12;1-10-11(2)13-8-12(10)16-14-9-15(17(13)16)19(21(25)27-22(3,4)5)18(14)20(24)26-7-6-23;1-4-25-9-27-21(24)19-15-8-14(18(19)20(23)26-6-5-22)16-12-7-13(17(15)16)11(3)10(12)2/h11-21H,8-10H2,1-7H3;11-20H,6-10H2,1-5H3;10-16,18-21H,4-9H2,1-3H3;10-19,23H,6-9H2,1-5H3;10-19,22H,4-9H2,1-3H3. The van der Waals surface area contributed by atoms with Crippen LogP contribution in [0.15, 0.2) is 4.99 Å². The predicted molar refractivity (Wildman–Crippen MR) is 522 cm³/mol. The van der Waals surface area contributed by atoms with Gasteiger partial charge in [0.2, 0.25) is 6.10 Å². The van der Waals surface area contributed by atoms with Crippen LogP contribution in [0.5, 0.6) is 0 Å². The lowest BCUT2D eigenvalue weighted by Gasteiger charge is -2.45. The van der Waals surface area contributed by atoms with E-state index in [4.69, 9.17) is 76.5 Å². The number of hydrogen-bond donors (Lipinski definition) is 2. The third-order valence-electron chi connectivity index (χ3n) is 43.9. The largest absolute Gasteiger partial charge is 0.463 e. The zero-order valence-electron chi connectivity index (χ0n) is 89.9. The SMILES string of the molecule is C=NCCOC(=O)C1C2CC(C1C(=O)OC(C)(C)C)C1C3CC(C(C)C3C)C21.CC1C(C)C2CC1C1C3CC(C(C(=O)OC(C)(C)C)C3C(=O)OC3C(=O)OCC3(C)C)C21.CC1C(C)C2CC1C1C3CC(C(C(=O)OC(C)(C)C)C3C(=O)OCCO)C21.CCOCOC(=O)C1C2CC(C1C(=O)OC1COC(=O)C1)C1C3CC(C(C)C3C)C21.CCOCOC(=O)C1C2CC(C1C(=O)OCCO)C1C3CC(C(C)C3C)C21. The Morgan fingerprint density at radius 1 is 0.333 bits per heavy atom. The molecule has 2 aliphatic heterocycles. The zero-order valence-corrected chi connectivity index (χ0v) is 89.9. The summed E-state index contributed by atoms with van der Waals surface area (Å²) in [6.07, 6.45) is 9.49. The van der Waals surface area contributed by atoms with Crippen molar-refractivity contribution in [1.82, 2.24) is 0 Å². The number of carbonyl (C=O) groups is 12. The Kier molecular flexibility index (Phi) is 30.2. The summed E-state index contributed by atoms with van der Waals surface area (Å²) in [6.45, 7) is 52.8. The van der Waals surface area contributed by atoms with E-state index < -0.39 is 87.8 Å². The fraction of sp³-hybridized carbons (Fsp3) is 0.887. The highest BCUT2D eigenvalue weighted by molar-refractivity contribution is 5.89. The second-order valence-corrected chi connectivity index (χ2v) is 53.3. The Balaban J connectivity index is 0.000000119. The molecule has 0 aromatic heterocycles. The first-order valence-electron chi connectivity index (χ1n) is 56.1. The van der Waals surface area contributed by atoms with Crippen molar-refractivity contribution in [1.29, 1.82) is 0 Å². The third kappa shape index (κ3) is 18.3. The van der Waals surface area contributed by atoms with Crippen LogP contribution in [0.3, 0.4) is 0 Å². The Morgan fingerprint density at radius 2 is 0.562 bits per heavy atom. The van der Waals surface area contributed by atoms with Crippen molar-refractivity contribution < 1.29 is 134 Å². The van der Waals surface area contributed by atoms with Crippen LogP contribution in [0.2, 0.25) is 0 Å². The topological polar surface area (TPSA) is 387 Å². The lowest BCUT2D eigenvalue weighted by molar-refractivity contribution is -0.180. The minimum absolute atomic E-state index is 0.00133. The molecule has 2 heterocycles. The summed E-state index contributed by atoms with van der Waals surface area (Å²) in [5.41, 5.74) is -2.28. The number of nitrogens with zero attached hydrogens (tertiary/aromatic N) is 1. The van der Waals surface area contributed by atoms with E-state index in [-0.39, 0.29) is 203 Å². The molecule has 0 aromatic carbocycles. The smallest absolute Gasteiger partial charge is 0.348 e. The molecule has 20 aliphatic carbocycles. The number of esters is 12. The number of aliphatic imine (C=N–C) groups is 1. The molecular weight excluding hydrogens is 1840 g/mol. The molecule has 0 spiro atoms. The van der Waals surface area contributed by atoms with Gasteiger partial charge in [-0.25, -0.2) is 4.79 Å². The first kappa shape index (κ1) is 107. The summed E-state index contributed by atoms with van der Waals surface area (Å²) in [5, 5.41) is 18.1. The van der Waals surface area contributed by atoms with Crippen LogP contribution in [0.1, 0.15) is 230 Å². The maximum atomic E-state index is 13.6. The highest BCUT2D eigenvalue weighted by atomic mass is 16.7. The monoisotopic (exact) mass is 2010 g/mol. The molecule has 0 amide bonds. The summed E-state index contributed by atoms with van der Waals surface area (Å²) < 4.78 is 76.3. The summed E-state index contributed by atoms with van der Waals surface area (Å²) in [4.78, 5) is 159. The number of hydrogen-bond acceptors (Lipinski definition) is 29. The van der Waals surface area contributed by atoms with Gasteiger partial charge in [0.15, 0.2) is 13.6 Å². The van der Waals surface area contributed by atoms with Gasteiger partial charge in [-0.1, -0.05) is 83.1 Å². The van der Waals surface area contributed by atoms with Gasteiger partial charge in [-0.2, -0.15) is 0 Å². The van der Waals surface area contributed by atoms with E-state index in [1.165, 1.54) is 32.1 Å². The Labute approximate surface area is 852 Å². The number of cyclic esters (lactones) is 2. The van der Waals surface area contributed by atoms with Crippen molar-refractivity contribution in [2.75, 3.05) is 79.6 Å². The molecule has 2 N–H and O–H groups in total. The molecule has 144 heavy (non-hydrogen) atoms. The van der Waals surface area contributed by atoms with Crippen LogP contribution < -0.4 is 0 Å². The lowest BCUT2D eigenvalue weighted by Crippen LogP contribution is -2.49. The molecule has 0 aromatic rings. The molecule has 22 aliphatic rings. The van der Waals surface area contributed by atoms with Gasteiger partial charge >= 0.3 is 71.6 Å². The molecule has 52 atom stereocenters. The van der Waals surface area contributed by atoms with E-state index in [0.29, 0.717) is 197 Å². The molecule has 29 heteroatoms. The first-order chi connectivity index (χ1) is 68.0. The molecule has 804 valence electrons. The van der Waals surface area contributed by atoms with Crippen molar-refractivity contribution in [3.63, 3.8) is 0 Å². The number of aliphatic hydroxyl groups is 2. The maximum Gasteiger partial charge on any atom is 0.348 e. The quantitative estimate of drug-likeness (QED) is 0.0214. The molecule has 22 fully saturated rings. The van der Waals surface area contributed by atoms with E-state index in [0.717, 1.165) is 32.1 Å². The Bertz CT molecular complexity index is 4810. The molecule has 52 unspecified atom stereocenters. The first-order valence-corrected chi connectivity index (χ1v) is 56.1. The van der Waals surface area contributed by atoms with E-state index in [9.17, 15) is 57.5 Å². The summed E-state index contributed by atoms with van der Waals surface area (Å²) >= 11 is 0. The van der Waals surface area contributed by atoms with E-state index >= 15 is 0 Å².